The van der Waals surface area contributed by atoms with Crippen LogP contribution in [0.25, 0.3) is 0 Å². The average molecular weight is 351 g/mol. The van der Waals surface area contributed by atoms with Crippen LogP contribution in [0, 0.1) is 0 Å². The topological polar surface area (TPSA) is 38.7 Å². The zero-order valence-corrected chi connectivity index (χ0v) is 14.0. The number of hydrogen-bond acceptors (Lipinski definition) is 3. The van der Waals surface area contributed by atoms with Gasteiger partial charge in [0.2, 0.25) is 0 Å². The van der Waals surface area contributed by atoms with Crippen LogP contribution in [0.2, 0.25) is 0 Å². The molecule has 0 amide bonds. The molecule has 112 valence electrons. The van der Waals surface area contributed by atoms with E-state index in [9.17, 15) is 5.11 Å². The van der Waals surface area contributed by atoms with Gasteiger partial charge in [-0.25, -0.2) is 0 Å². The summed E-state index contributed by atoms with van der Waals surface area (Å²) in [5.74, 6) is 1.31. The quantitative estimate of drug-likeness (QED) is 0.881. The van der Waals surface area contributed by atoms with Crippen molar-refractivity contribution in [3.63, 3.8) is 0 Å². The van der Waals surface area contributed by atoms with Crippen LogP contribution in [0.5, 0.6) is 11.5 Å². The zero-order valence-electron chi connectivity index (χ0n) is 12.4. The molecule has 1 N–H and O–H groups in total. The third-order valence-corrected chi connectivity index (χ3v) is 4.16. The number of methoxy groups -OCH3 is 2. The third-order valence-electron chi connectivity index (χ3n) is 3.67. The summed E-state index contributed by atoms with van der Waals surface area (Å²) in [7, 11) is 3.20. The zero-order chi connectivity index (χ0) is 15.5. The van der Waals surface area contributed by atoms with E-state index in [1.807, 2.05) is 43.3 Å². The van der Waals surface area contributed by atoms with Crippen LogP contribution >= 0.6 is 15.9 Å². The maximum atomic E-state index is 11.2. The highest BCUT2D eigenvalue weighted by Crippen LogP contribution is 2.40. The Hall–Kier alpha value is -1.52. The van der Waals surface area contributed by atoms with Gasteiger partial charge in [-0.05, 0) is 36.2 Å². The van der Waals surface area contributed by atoms with Gasteiger partial charge in [0.25, 0.3) is 0 Å². The van der Waals surface area contributed by atoms with Crippen molar-refractivity contribution in [2.45, 2.75) is 18.9 Å². The second kappa shape index (κ2) is 6.50. The number of aliphatic hydroxyl groups is 1. The molecular formula is C17H19BrO3. The molecule has 0 saturated heterocycles. The van der Waals surface area contributed by atoms with Gasteiger partial charge in [0.1, 0.15) is 17.1 Å². The largest absolute Gasteiger partial charge is 0.497 e. The molecule has 4 heteroatoms. The van der Waals surface area contributed by atoms with Crippen LogP contribution in [-0.2, 0) is 5.60 Å². The molecule has 0 aliphatic rings. The molecule has 21 heavy (non-hydrogen) atoms. The van der Waals surface area contributed by atoms with Gasteiger partial charge in [-0.2, -0.15) is 0 Å². The molecule has 0 heterocycles. The number of rotatable bonds is 5. The predicted molar refractivity (Wildman–Crippen MR) is 87.0 cm³/mol. The molecular weight excluding hydrogens is 332 g/mol. The summed E-state index contributed by atoms with van der Waals surface area (Å²) in [6, 6.07) is 13.2. The first-order valence-corrected chi connectivity index (χ1v) is 7.55. The molecule has 0 radical (unpaired) electrons. The normalized spacial score (nSPS) is 13.6. The molecule has 2 aromatic rings. The standard InChI is InChI=1S/C17H19BrO3/c1-4-17(19,12-6-5-7-13(18)10-12)15-9-8-14(20-2)11-16(15)21-3/h5-11,19H,4H2,1-3H3. The minimum atomic E-state index is -1.11. The molecule has 2 rings (SSSR count). The van der Waals surface area contributed by atoms with Crippen LogP contribution < -0.4 is 9.47 Å². The molecule has 1 unspecified atom stereocenters. The molecule has 2 aromatic carbocycles. The van der Waals surface area contributed by atoms with Crippen molar-refractivity contribution in [3.05, 3.63) is 58.1 Å². The Labute approximate surface area is 133 Å². The molecule has 3 nitrogen and oxygen atoms in total. The van der Waals surface area contributed by atoms with Crippen molar-refractivity contribution < 1.29 is 14.6 Å². The first-order chi connectivity index (χ1) is 10.0. The van der Waals surface area contributed by atoms with Gasteiger partial charge in [0, 0.05) is 16.1 Å². The lowest BCUT2D eigenvalue weighted by atomic mass is 9.83. The minimum Gasteiger partial charge on any atom is -0.497 e. The Bertz CT molecular complexity index is 627. The van der Waals surface area contributed by atoms with Gasteiger partial charge in [-0.15, -0.1) is 0 Å². The summed E-state index contributed by atoms with van der Waals surface area (Å²) >= 11 is 3.45. The van der Waals surface area contributed by atoms with E-state index in [0.717, 1.165) is 15.6 Å². The first-order valence-electron chi connectivity index (χ1n) is 6.76. The molecule has 0 saturated carbocycles. The van der Waals surface area contributed by atoms with Crippen molar-refractivity contribution in [2.24, 2.45) is 0 Å². The van der Waals surface area contributed by atoms with E-state index in [2.05, 4.69) is 15.9 Å². The summed E-state index contributed by atoms with van der Waals surface area (Å²) in [6.07, 6.45) is 0.534. The van der Waals surface area contributed by atoms with Gasteiger partial charge in [0.05, 0.1) is 14.2 Å². The summed E-state index contributed by atoms with van der Waals surface area (Å²) < 4.78 is 11.6. The predicted octanol–water partition coefficient (Wildman–Crippen LogP) is 4.11. The van der Waals surface area contributed by atoms with Crippen molar-refractivity contribution >= 4 is 15.9 Å². The van der Waals surface area contributed by atoms with Crippen LogP contribution in [0.4, 0.5) is 0 Å². The van der Waals surface area contributed by atoms with E-state index in [1.54, 1.807) is 20.3 Å². The van der Waals surface area contributed by atoms with Gasteiger partial charge >= 0.3 is 0 Å². The van der Waals surface area contributed by atoms with Crippen LogP contribution in [0.1, 0.15) is 24.5 Å². The molecule has 1 atom stereocenters. The summed E-state index contributed by atoms with van der Waals surface area (Å²) in [4.78, 5) is 0. The number of halogens is 1. The van der Waals surface area contributed by atoms with Crippen molar-refractivity contribution in [1.82, 2.24) is 0 Å². The Balaban J connectivity index is 2.59. The number of ether oxygens (including phenoxy) is 2. The van der Waals surface area contributed by atoms with Gasteiger partial charge in [-0.3, -0.25) is 0 Å². The first kappa shape index (κ1) is 15.9. The van der Waals surface area contributed by atoms with E-state index in [1.165, 1.54) is 0 Å². The molecule has 0 aliphatic carbocycles. The van der Waals surface area contributed by atoms with E-state index in [4.69, 9.17) is 9.47 Å². The van der Waals surface area contributed by atoms with Crippen molar-refractivity contribution in [2.75, 3.05) is 14.2 Å². The second-order valence-electron chi connectivity index (χ2n) is 4.79. The van der Waals surface area contributed by atoms with E-state index >= 15 is 0 Å². The highest BCUT2D eigenvalue weighted by molar-refractivity contribution is 9.10. The van der Waals surface area contributed by atoms with Gasteiger partial charge < -0.3 is 14.6 Å². The van der Waals surface area contributed by atoms with Crippen LogP contribution in [-0.4, -0.2) is 19.3 Å². The van der Waals surface area contributed by atoms with E-state index < -0.39 is 5.60 Å². The fraction of sp³-hybridized carbons (Fsp3) is 0.294. The molecule has 0 fully saturated rings. The van der Waals surface area contributed by atoms with Crippen molar-refractivity contribution in [1.29, 1.82) is 0 Å². The Morgan fingerprint density at radius 2 is 1.86 bits per heavy atom. The number of benzene rings is 2. The lowest BCUT2D eigenvalue weighted by molar-refractivity contribution is 0.0735. The van der Waals surface area contributed by atoms with Crippen molar-refractivity contribution in [3.8, 4) is 11.5 Å². The summed E-state index contributed by atoms with van der Waals surface area (Å²) in [5, 5.41) is 11.2. The minimum absolute atomic E-state index is 0.534. The smallest absolute Gasteiger partial charge is 0.128 e. The fourth-order valence-electron chi connectivity index (χ4n) is 2.44. The SMILES string of the molecule is CCC(O)(c1cccc(Br)c1)c1ccc(OC)cc1OC. The van der Waals surface area contributed by atoms with Crippen LogP contribution in [0.15, 0.2) is 46.9 Å². The molecule has 0 bridgehead atoms. The maximum Gasteiger partial charge on any atom is 0.128 e. The lowest BCUT2D eigenvalue weighted by Crippen LogP contribution is -2.27. The third kappa shape index (κ3) is 3.06. The summed E-state index contributed by atoms with van der Waals surface area (Å²) in [5.41, 5.74) is 0.440. The molecule has 0 aromatic heterocycles. The average Bonchev–Trinajstić information content (AvgIpc) is 2.53. The van der Waals surface area contributed by atoms with E-state index in [0.29, 0.717) is 17.9 Å². The second-order valence-corrected chi connectivity index (χ2v) is 5.71. The molecule has 0 aliphatic heterocycles. The monoisotopic (exact) mass is 350 g/mol. The Kier molecular flexibility index (Phi) is 4.91. The summed E-state index contributed by atoms with van der Waals surface area (Å²) in [6.45, 7) is 1.95. The number of hydrogen-bond donors (Lipinski definition) is 1. The van der Waals surface area contributed by atoms with E-state index in [-0.39, 0.29) is 0 Å². The van der Waals surface area contributed by atoms with Gasteiger partial charge in [0.15, 0.2) is 0 Å². The maximum absolute atomic E-state index is 11.2. The highest BCUT2D eigenvalue weighted by atomic mass is 79.9. The molecule has 0 spiro atoms. The Morgan fingerprint density at radius 1 is 1.10 bits per heavy atom. The van der Waals surface area contributed by atoms with Crippen LogP contribution in [0.3, 0.4) is 0 Å². The Morgan fingerprint density at radius 3 is 2.43 bits per heavy atom. The highest BCUT2D eigenvalue weighted by Gasteiger charge is 2.32. The lowest BCUT2D eigenvalue weighted by Gasteiger charge is -2.30. The fourth-order valence-corrected chi connectivity index (χ4v) is 2.84. The van der Waals surface area contributed by atoms with Gasteiger partial charge in [-0.1, -0.05) is 35.0 Å².